The highest BCUT2D eigenvalue weighted by atomic mass is 19.1. The van der Waals surface area contributed by atoms with Crippen LogP contribution in [0.25, 0.3) is 0 Å². The molecule has 98 valence electrons. The molecule has 1 saturated heterocycles. The number of piperidine rings is 1. The van der Waals surface area contributed by atoms with Gasteiger partial charge in [0.25, 0.3) is 5.91 Å². The third-order valence-electron chi connectivity index (χ3n) is 3.40. The molecule has 1 aliphatic rings. The van der Waals surface area contributed by atoms with Crippen molar-refractivity contribution in [3.05, 3.63) is 35.4 Å². The molecule has 1 aromatic rings. The molecule has 3 nitrogen and oxygen atoms in total. The lowest BCUT2D eigenvalue weighted by molar-refractivity contribution is 0.0827. The van der Waals surface area contributed by atoms with Crippen LogP contribution in [0.5, 0.6) is 0 Å². The number of nitrogens with one attached hydrogen (secondary N) is 1. The molecule has 2 rings (SSSR count). The van der Waals surface area contributed by atoms with Crippen LogP contribution in [0.2, 0.25) is 0 Å². The first-order valence-corrected chi connectivity index (χ1v) is 6.26. The predicted octanol–water partition coefficient (Wildman–Crippen LogP) is 1.80. The summed E-state index contributed by atoms with van der Waals surface area (Å²) in [4.78, 5) is 13.3. The molecular formula is C14H19FN2O. The Kier molecular flexibility index (Phi) is 3.97. The molecule has 1 N–H and O–H groups in total. The summed E-state index contributed by atoms with van der Waals surface area (Å²) in [7, 11) is 3.45. The minimum absolute atomic E-state index is 0.0244. The van der Waals surface area contributed by atoms with Crippen LogP contribution in [0.4, 0.5) is 4.39 Å². The fourth-order valence-electron chi connectivity index (χ4n) is 2.33. The predicted molar refractivity (Wildman–Crippen MR) is 69.6 cm³/mol. The van der Waals surface area contributed by atoms with Crippen molar-refractivity contribution in [2.24, 2.45) is 0 Å². The van der Waals surface area contributed by atoms with E-state index in [9.17, 15) is 9.18 Å². The minimum atomic E-state index is -0.839. The summed E-state index contributed by atoms with van der Waals surface area (Å²) in [5.74, 6) is -0.0709. The van der Waals surface area contributed by atoms with Crippen molar-refractivity contribution >= 4 is 5.91 Å². The van der Waals surface area contributed by atoms with Crippen LogP contribution in [0.3, 0.4) is 0 Å². The Labute approximate surface area is 107 Å². The van der Waals surface area contributed by atoms with Crippen molar-refractivity contribution in [2.75, 3.05) is 27.2 Å². The lowest BCUT2D eigenvalue weighted by atomic mass is 9.88. The molecule has 1 aliphatic heterocycles. The Morgan fingerprint density at radius 1 is 1.33 bits per heavy atom. The van der Waals surface area contributed by atoms with Crippen LogP contribution in [-0.2, 0) is 0 Å². The van der Waals surface area contributed by atoms with E-state index in [2.05, 4.69) is 5.32 Å². The molecular weight excluding hydrogens is 231 g/mol. The lowest BCUT2D eigenvalue weighted by Gasteiger charge is -2.27. The second-order valence-corrected chi connectivity index (χ2v) is 4.94. The van der Waals surface area contributed by atoms with E-state index in [4.69, 9.17) is 0 Å². The van der Waals surface area contributed by atoms with Gasteiger partial charge in [-0.15, -0.1) is 0 Å². The van der Waals surface area contributed by atoms with Gasteiger partial charge in [-0.2, -0.15) is 0 Å². The van der Waals surface area contributed by atoms with E-state index in [1.54, 1.807) is 26.2 Å². The van der Waals surface area contributed by atoms with Gasteiger partial charge in [0, 0.05) is 32.1 Å². The first-order chi connectivity index (χ1) is 8.59. The monoisotopic (exact) mass is 250 g/mol. The van der Waals surface area contributed by atoms with Crippen molar-refractivity contribution in [3.63, 3.8) is 0 Å². The third kappa shape index (κ3) is 2.70. The van der Waals surface area contributed by atoms with E-state index in [0.717, 1.165) is 18.5 Å². The zero-order valence-corrected chi connectivity index (χ0v) is 10.8. The maximum absolute atomic E-state index is 13.8. The number of halogens is 1. The molecule has 0 bridgehead atoms. The van der Waals surface area contributed by atoms with E-state index in [0.29, 0.717) is 12.1 Å². The van der Waals surface area contributed by atoms with E-state index in [-0.39, 0.29) is 11.8 Å². The first kappa shape index (κ1) is 13.0. The normalized spacial score (nSPS) is 23.7. The molecule has 0 radical (unpaired) electrons. The first-order valence-electron chi connectivity index (χ1n) is 6.26. The van der Waals surface area contributed by atoms with Gasteiger partial charge in [-0.25, -0.2) is 4.39 Å². The summed E-state index contributed by atoms with van der Waals surface area (Å²) >= 11 is 0. The van der Waals surface area contributed by atoms with Crippen LogP contribution in [0.1, 0.15) is 28.3 Å². The van der Waals surface area contributed by atoms with E-state index in [1.807, 2.05) is 12.1 Å². The molecule has 0 aliphatic carbocycles. The zero-order chi connectivity index (χ0) is 13.1. The second-order valence-electron chi connectivity index (χ2n) is 4.94. The molecule has 0 unspecified atom stereocenters. The molecule has 4 heteroatoms. The minimum Gasteiger partial charge on any atom is -0.345 e. The molecule has 0 aromatic heterocycles. The standard InChI is InChI=1S/C14H19FN2O/c1-17(2)14(18)11-5-3-10(4-6-11)12-7-8-16-9-13(12)15/h3-6,12-13,16H,7-9H2,1-2H3/t12-,13+/m1/s1. The fourth-order valence-corrected chi connectivity index (χ4v) is 2.33. The van der Waals surface area contributed by atoms with E-state index in [1.165, 1.54) is 4.90 Å². The average Bonchev–Trinajstić information content (AvgIpc) is 2.38. The summed E-state index contributed by atoms with van der Waals surface area (Å²) in [6.07, 6.45) is -0.0311. The van der Waals surface area contributed by atoms with Gasteiger partial charge in [0.2, 0.25) is 0 Å². The van der Waals surface area contributed by atoms with E-state index >= 15 is 0 Å². The summed E-state index contributed by atoms with van der Waals surface area (Å²) in [6, 6.07) is 7.32. The van der Waals surface area contributed by atoms with Gasteiger partial charge < -0.3 is 10.2 Å². The average molecular weight is 250 g/mol. The van der Waals surface area contributed by atoms with Crippen molar-refractivity contribution in [1.82, 2.24) is 10.2 Å². The van der Waals surface area contributed by atoms with E-state index < -0.39 is 6.17 Å². The number of rotatable bonds is 2. The van der Waals surface area contributed by atoms with Gasteiger partial charge in [-0.05, 0) is 30.7 Å². The molecule has 1 amide bonds. The summed E-state index contributed by atoms with van der Waals surface area (Å²) in [5, 5.41) is 3.04. The number of carbonyl (C=O) groups is 1. The second kappa shape index (κ2) is 5.48. The Hall–Kier alpha value is -1.42. The summed E-state index contributed by atoms with van der Waals surface area (Å²) in [5.41, 5.74) is 1.63. The van der Waals surface area contributed by atoms with Gasteiger partial charge in [-0.1, -0.05) is 12.1 Å². The zero-order valence-electron chi connectivity index (χ0n) is 10.8. The highest BCUT2D eigenvalue weighted by Gasteiger charge is 2.25. The van der Waals surface area contributed by atoms with Gasteiger partial charge >= 0.3 is 0 Å². The maximum Gasteiger partial charge on any atom is 0.253 e. The van der Waals surface area contributed by atoms with Crippen molar-refractivity contribution in [3.8, 4) is 0 Å². The van der Waals surface area contributed by atoms with Gasteiger partial charge in [0.05, 0.1) is 0 Å². The smallest absolute Gasteiger partial charge is 0.253 e. The van der Waals surface area contributed by atoms with Crippen molar-refractivity contribution in [2.45, 2.75) is 18.5 Å². The number of alkyl halides is 1. The number of hydrogen-bond donors (Lipinski definition) is 1. The molecule has 0 spiro atoms. The van der Waals surface area contributed by atoms with Gasteiger partial charge in [0.1, 0.15) is 6.17 Å². The van der Waals surface area contributed by atoms with Crippen molar-refractivity contribution in [1.29, 1.82) is 0 Å². The topological polar surface area (TPSA) is 32.3 Å². The maximum atomic E-state index is 13.8. The lowest BCUT2D eigenvalue weighted by Crippen LogP contribution is -2.36. The van der Waals surface area contributed by atoms with Gasteiger partial charge in [0.15, 0.2) is 0 Å². The van der Waals surface area contributed by atoms with Crippen LogP contribution < -0.4 is 5.32 Å². The van der Waals surface area contributed by atoms with Crippen LogP contribution >= 0.6 is 0 Å². The SMILES string of the molecule is CN(C)C(=O)c1ccc([C@H]2CCNC[C@@H]2F)cc1. The largest absolute Gasteiger partial charge is 0.345 e. The Morgan fingerprint density at radius 3 is 2.56 bits per heavy atom. The highest BCUT2D eigenvalue weighted by molar-refractivity contribution is 5.93. The molecule has 2 atom stereocenters. The number of nitrogens with zero attached hydrogens (tertiary/aromatic N) is 1. The highest BCUT2D eigenvalue weighted by Crippen LogP contribution is 2.27. The Balaban J connectivity index is 2.14. The van der Waals surface area contributed by atoms with Crippen LogP contribution in [0.15, 0.2) is 24.3 Å². The molecule has 18 heavy (non-hydrogen) atoms. The molecule has 1 fully saturated rings. The number of amides is 1. The number of carbonyl (C=O) groups excluding carboxylic acids is 1. The molecule has 1 aromatic carbocycles. The van der Waals surface area contributed by atoms with Gasteiger partial charge in [-0.3, -0.25) is 4.79 Å². The van der Waals surface area contributed by atoms with Crippen molar-refractivity contribution < 1.29 is 9.18 Å². The fraction of sp³-hybridized carbons (Fsp3) is 0.500. The quantitative estimate of drug-likeness (QED) is 0.868. The number of hydrogen-bond acceptors (Lipinski definition) is 2. The third-order valence-corrected chi connectivity index (χ3v) is 3.40. The molecule has 0 saturated carbocycles. The van der Waals surface area contributed by atoms with Crippen LogP contribution in [-0.4, -0.2) is 44.2 Å². The molecule has 1 heterocycles. The summed E-state index contributed by atoms with van der Waals surface area (Å²) < 4.78 is 13.8. The van der Waals surface area contributed by atoms with Crippen LogP contribution in [0, 0.1) is 0 Å². The Bertz CT molecular complexity index is 416. The summed E-state index contributed by atoms with van der Waals surface area (Å²) in [6.45, 7) is 1.27. The number of benzene rings is 1. The Morgan fingerprint density at radius 2 is 2.00 bits per heavy atom.